The molecule has 2 heterocycles. The van der Waals surface area contributed by atoms with Gasteiger partial charge in [-0.2, -0.15) is 18.2 Å². The highest BCUT2D eigenvalue weighted by molar-refractivity contribution is 7.86. The Bertz CT molecular complexity index is 617. The molecular formula is C15H23F3N4OS. The Morgan fingerprint density at radius 3 is 2.42 bits per heavy atom. The minimum absolute atomic E-state index is 0.0523. The molecule has 1 aliphatic heterocycles. The van der Waals surface area contributed by atoms with E-state index >= 15 is 0 Å². The molecule has 2 rings (SSSR count). The summed E-state index contributed by atoms with van der Waals surface area (Å²) < 4.78 is 51.4. The van der Waals surface area contributed by atoms with E-state index in [1.165, 1.54) is 4.90 Å². The summed E-state index contributed by atoms with van der Waals surface area (Å²) in [4.78, 5) is 11.3. The minimum Gasteiger partial charge on any atom is -0.363 e. The average Bonchev–Trinajstić information content (AvgIpc) is 2.54. The number of hydrogen-bond donors (Lipinski definition) is 0. The molecule has 136 valence electrons. The summed E-state index contributed by atoms with van der Waals surface area (Å²) in [6.45, 7) is 4.72. The third-order valence-electron chi connectivity index (χ3n) is 4.53. The lowest BCUT2D eigenvalue weighted by Crippen LogP contribution is -2.53. The molecule has 0 bridgehead atoms. The van der Waals surface area contributed by atoms with Crippen molar-refractivity contribution in [3.05, 3.63) is 11.8 Å². The molecule has 1 saturated heterocycles. The van der Waals surface area contributed by atoms with Gasteiger partial charge in [0.25, 0.3) is 0 Å². The molecule has 1 aromatic heterocycles. The lowest BCUT2D eigenvalue weighted by atomic mass is 10.0. The Kier molecular flexibility index (Phi) is 5.41. The topological polar surface area (TPSA) is 49.3 Å². The van der Waals surface area contributed by atoms with Crippen molar-refractivity contribution in [1.29, 1.82) is 0 Å². The second-order valence-corrected chi connectivity index (χ2v) is 8.13. The van der Waals surface area contributed by atoms with Gasteiger partial charge in [0.1, 0.15) is 5.82 Å². The first-order valence-electron chi connectivity index (χ1n) is 7.90. The van der Waals surface area contributed by atoms with Crippen LogP contribution in [0.15, 0.2) is 6.07 Å². The highest BCUT2D eigenvalue weighted by atomic mass is 32.2. The molecule has 24 heavy (non-hydrogen) atoms. The molecule has 0 N–H and O–H groups in total. The average molecular weight is 364 g/mol. The van der Waals surface area contributed by atoms with Crippen LogP contribution in [0.25, 0.3) is 0 Å². The summed E-state index contributed by atoms with van der Waals surface area (Å²) in [5, 5.41) is 0. The highest BCUT2D eigenvalue weighted by Gasteiger charge is 2.41. The van der Waals surface area contributed by atoms with E-state index in [0.29, 0.717) is 31.7 Å². The molecular weight excluding hydrogens is 341 g/mol. The molecule has 1 aliphatic rings. The standard InChI is InChI=1S/C15H23F3N4OS/c1-5-14(6-2)10-22(7-8-24(14)23)13-19-11(15(16,17)18)9-12(20-13)21(3)4/h9H,5-8,10H2,1-4H3. The Labute approximate surface area is 142 Å². The van der Waals surface area contributed by atoms with Gasteiger partial charge < -0.3 is 9.80 Å². The van der Waals surface area contributed by atoms with E-state index in [2.05, 4.69) is 9.97 Å². The second kappa shape index (κ2) is 6.85. The summed E-state index contributed by atoms with van der Waals surface area (Å²) >= 11 is 0. The van der Waals surface area contributed by atoms with E-state index in [-0.39, 0.29) is 11.8 Å². The van der Waals surface area contributed by atoms with Crippen molar-refractivity contribution in [1.82, 2.24) is 9.97 Å². The minimum atomic E-state index is -4.53. The fraction of sp³-hybridized carbons (Fsp3) is 0.733. The highest BCUT2D eigenvalue weighted by Crippen LogP contribution is 2.34. The fourth-order valence-corrected chi connectivity index (χ4v) is 4.58. The first-order chi connectivity index (χ1) is 11.1. The smallest absolute Gasteiger partial charge is 0.363 e. The Morgan fingerprint density at radius 1 is 1.29 bits per heavy atom. The normalized spacial score (nSPS) is 21.0. The summed E-state index contributed by atoms with van der Waals surface area (Å²) in [7, 11) is 2.28. The first kappa shape index (κ1) is 19.0. The first-order valence-corrected chi connectivity index (χ1v) is 9.22. The quantitative estimate of drug-likeness (QED) is 0.822. The predicted molar refractivity (Wildman–Crippen MR) is 89.9 cm³/mol. The molecule has 0 spiro atoms. The van der Waals surface area contributed by atoms with Crippen LogP contribution in [-0.2, 0) is 17.0 Å². The molecule has 0 radical (unpaired) electrons. The maximum Gasteiger partial charge on any atom is 0.433 e. The molecule has 0 saturated carbocycles. The number of nitrogens with zero attached hydrogens (tertiary/aromatic N) is 4. The van der Waals surface area contributed by atoms with E-state index in [4.69, 9.17) is 0 Å². The zero-order chi connectivity index (χ0) is 18.1. The maximum atomic E-state index is 13.1. The van der Waals surface area contributed by atoms with Gasteiger partial charge in [-0.3, -0.25) is 4.21 Å². The van der Waals surface area contributed by atoms with E-state index in [9.17, 15) is 17.4 Å². The van der Waals surface area contributed by atoms with E-state index < -0.39 is 27.4 Å². The van der Waals surface area contributed by atoms with Gasteiger partial charge >= 0.3 is 6.18 Å². The van der Waals surface area contributed by atoms with Crippen molar-refractivity contribution in [3.63, 3.8) is 0 Å². The van der Waals surface area contributed by atoms with Crippen LogP contribution in [0.1, 0.15) is 32.4 Å². The fourth-order valence-electron chi connectivity index (χ4n) is 2.81. The Hall–Kier alpha value is -1.38. The van der Waals surface area contributed by atoms with Gasteiger partial charge in [0, 0.05) is 49.8 Å². The SMILES string of the molecule is CCC1(CC)CN(c2nc(N(C)C)cc(C(F)(F)F)n2)CCS1=O. The van der Waals surface area contributed by atoms with Gasteiger partial charge in [0.05, 0.1) is 4.75 Å². The van der Waals surface area contributed by atoms with Crippen molar-refractivity contribution in [3.8, 4) is 0 Å². The van der Waals surface area contributed by atoms with Crippen LogP contribution < -0.4 is 9.80 Å². The number of alkyl halides is 3. The van der Waals surface area contributed by atoms with Gasteiger partial charge in [-0.1, -0.05) is 13.8 Å². The zero-order valence-electron chi connectivity index (χ0n) is 14.4. The molecule has 0 aromatic carbocycles. The van der Waals surface area contributed by atoms with Crippen LogP contribution in [0.5, 0.6) is 0 Å². The zero-order valence-corrected chi connectivity index (χ0v) is 15.2. The van der Waals surface area contributed by atoms with Crippen molar-refractivity contribution >= 4 is 22.6 Å². The third kappa shape index (κ3) is 3.65. The van der Waals surface area contributed by atoms with E-state index in [0.717, 1.165) is 6.07 Å². The summed E-state index contributed by atoms with van der Waals surface area (Å²) in [5.41, 5.74) is -0.957. The summed E-state index contributed by atoms with van der Waals surface area (Å²) in [5.74, 6) is 0.674. The summed E-state index contributed by atoms with van der Waals surface area (Å²) in [6.07, 6.45) is -3.13. The predicted octanol–water partition coefficient (Wildman–Crippen LogP) is 2.69. The van der Waals surface area contributed by atoms with Crippen LogP contribution >= 0.6 is 0 Å². The van der Waals surface area contributed by atoms with Gasteiger partial charge in [-0.25, -0.2) is 4.98 Å². The van der Waals surface area contributed by atoms with Gasteiger partial charge in [0.2, 0.25) is 5.95 Å². The maximum absolute atomic E-state index is 13.1. The largest absolute Gasteiger partial charge is 0.433 e. The van der Waals surface area contributed by atoms with Crippen molar-refractivity contribution < 1.29 is 17.4 Å². The van der Waals surface area contributed by atoms with Gasteiger partial charge in [0.15, 0.2) is 5.69 Å². The molecule has 1 aromatic rings. The van der Waals surface area contributed by atoms with E-state index in [1.807, 2.05) is 13.8 Å². The molecule has 1 atom stereocenters. The molecule has 5 nitrogen and oxygen atoms in total. The van der Waals surface area contributed by atoms with Gasteiger partial charge in [-0.15, -0.1) is 0 Å². The van der Waals surface area contributed by atoms with Crippen LogP contribution in [-0.4, -0.2) is 51.9 Å². The number of anilines is 2. The van der Waals surface area contributed by atoms with Crippen molar-refractivity contribution in [2.24, 2.45) is 0 Å². The molecule has 9 heteroatoms. The van der Waals surface area contributed by atoms with Crippen molar-refractivity contribution in [2.75, 3.05) is 42.7 Å². The third-order valence-corrected chi connectivity index (χ3v) is 6.76. The molecule has 0 aliphatic carbocycles. The monoisotopic (exact) mass is 364 g/mol. The lowest BCUT2D eigenvalue weighted by molar-refractivity contribution is -0.141. The lowest BCUT2D eigenvalue weighted by Gasteiger charge is -2.41. The van der Waals surface area contributed by atoms with Crippen LogP contribution in [0.2, 0.25) is 0 Å². The number of hydrogen-bond acceptors (Lipinski definition) is 5. The second-order valence-electron chi connectivity index (χ2n) is 6.16. The number of halogens is 3. The van der Waals surface area contributed by atoms with Crippen LogP contribution in [0, 0.1) is 0 Å². The molecule has 1 unspecified atom stereocenters. The Balaban J connectivity index is 2.44. The van der Waals surface area contributed by atoms with E-state index in [1.54, 1.807) is 19.0 Å². The molecule has 0 amide bonds. The van der Waals surface area contributed by atoms with Crippen LogP contribution in [0.3, 0.4) is 0 Å². The Morgan fingerprint density at radius 2 is 1.92 bits per heavy atom. The summed E-state index contributed by atoms with van der Waals surface area (Å²) in [6, 6.07) is 0.943. The number of rotatable bonds is 4. The van der Waals surface area contributed by atoms with Crippen LogP contribution in [0.4, 0.5) is 24.9 Å². The van der Waals surface area contributed by atoms with Gasteiger partial charge in [-0.05, 0) is 12.8 Å². The molecule has 1 fully saturated rings. The van der Waals surface area contributed by atoms with Crippen molar-refractivity contribution in [2.45, 2.75) is 37.6 Å². The number of aromatic nitrogens is 2.